The first kappa shape index (κ1) is 11.3. The molecule has 3 rings (SSSR count). The number of pyridine rings is 1. The minimum atomic E-state index is 0.612. The number of hydrogen-bond donors (Lipinski definition) is 1. The van der Waals surface area contributed by atoms with E-state index in [1.165, 1.54) is 12.8 Å². The molecule has 2 aromatic heterocycles. The van der Waals surface area contributed by atoms with E-state index in [2.05, 4.69) is 20.4 Å². The van der Waals surface area contributed by atoms with Crippen molar-refractivity contribution in [1.29, 1.82) is 0 Å². The summed E-state index contributed by atoms with van der Waals surface area (Å²) in [4.78, 5) is 8.38. The Kier molecular flexibility index (Phi) is 3.32. The van der Waals surface area contributed by atoms with Crippen LogP contribution in [-0.4, -0.2) is 27.7 Å². The summed E-state index contributed by atoms with van der Waals surface area (Å²) in [7, 11) is 0. The summed E-state index contributed by atoms with van der Waals surface area (Å²) in [5.74, 6) is 1.36. The highest BCUT2D eigenvalue weighted by Gasteiger charge is 2.15. The van der Waals surface area contributed by atoms with Crippen LogP contribution in [0.15, 0.2) is 29.0 Å². The molecule has 2 aromatic rings. The Morgan fingerprint density at radius 1 is 1.33 bits per heavy atom. The van der Waals surface area contributed by atoms with E-state index in [0.717, 1.165) is 30.8 Å². The monoisotopic (exact) mass is 244 g/mol. The van der Waals surface area contributed by atoms with E-state index in [9.17, 15) is 0 Å². The van der Waals surface area contributed by atoms with E-state index in [1.807, 2.05) is 12.1 Å². The molecule has 5 heteroatoms. The Bertz CT molecular complexity index is 491. The average molecular weight is 244 g/mol. The molecule has 0 spiro atoms. The van der Waals surface area contributed by atoms with Crippen LogP contribution in [0.1, 0.15) is 25.2 Å². The lowest BCUT2D eigenvalue weighted by Crippen LogP contribution is -2.21. The van der Waals surface area contributed by atoms with Crippen LogP contribution in [0.3, 0.4) is 0 Å². The van der Waals surface area contributed by atoms with E-state index in [0.29, 0.717) is 11.9 Å². The summed E-state index contributed by atoms with van der Waals surface area (Å²) in [5.41, 5.74) is 0.944. The smallest absolute Gasteiger partial charge is 0.227 e. The van der Waals surface area contributed by atoms with Crippen molar-refractivity contribution in [3.63, 3.8) is 0 Å². The van der Waals surface area contributed by atoms with Crippen molar-refractivity contribution < 1.29 is 4.52 Å². The molecule has 0 aliphatic carbocycles. The molecule has 3 heterocycles. The molecule has 1 atom stereocenters. The van der Waals surface area contributed by atoms with Crippen LogP contribution < -0.4 is 5.32 Å². The second kappa shape index (κ2) is 5.27. The molecule has 0 radical (unpaired) electrons. The van der Waals surface area contributed by atoms with Crippen LogP contribution in [-0.2, 0) is 6.42 Å². The lowest BCUT2D eigenvalue weighted by atomic mass is 10.1. The number of nitrogens with one attached hydrogen (secondary N) is 1. The molecule has 0 bridgehead atoms. The molecular weight excluding hydrogens is 228 g/mol. The zero-order valence-corrected chi connectivity index (χ0v) is 10.2. The maximum absolute atomic E-state index is 5.27. The summed E-state index contributed by atoms with van der Waals surface area (Å²) >= 11 is 0. The average Bonchev–Trinajstić information content (AvgIpc) is 3.09. The van der Waals surface area contributed by atoms with Crippen molar-refractivity contribution in [2.75, 3.05) is 6.54 Å². The molecular formula is C13H16N4O. The van der Waals surface area contributed by atoms with Gasteiger partial charge in [0.05, 0.1) is 0 Å². The Morgan fingerprint density at radius 3 is 3.00 bits per heavy atom. The maximum atomic E-state index is 5.27. The third-order valence-electron chi connectivity index (χ3n) is 3.28. The molecule has 0 amide bonds. The number of aryl methyl sites for hydroxylation is 1. The van der Waals surface area contributed by atoms with Gasteiger partial charge in [-0.25, -0.2) is 0 Å². The molecule has 0 saturated carbocycles. The van der Waals surface area contributed by atoms with Crippen LogP contribution in [0.4, 0.5) is 0 Å². The highest BCUT2D eigenvalue weighted by Crippen LogP contribution is 2.16. The zero-order valence-electron chi connectivity index (χ0n) is 10.2. The van der Waals surface area contributed by atoms with Crippen molar-refractivity contribution in [1.82, 2.24) is 20.4 Å². The first-order valence-corrected chi connectivity index (χ1v) is 6.38. The van der Waals surface area contributed by atoms with E-state index in [4.69, 9.17) is 4.52 Å². The van der Waals surface area contributed by atoms with Gasteiger partial charge in [0.2, 0.25) is 11.7 Å². The van der Waals surface area contributed by atoms with Crippen molar-refractivity contribution in [2.24, 2.45) is 0 Å². The summed E-state index contributed by atoms with van der Waals surface area (Å²) in [6.45, 7) is 1.14. The molecule has 1 aliphatic rings. The van der Waals surface area contributed by atoms with E-state index in [-0.39, 0.29) is 0 Å². The predicted octanol–water partition coefficient (Wildman–Crippen LogP) is 1.82. The predicted molar refractivity (Wildman–Crippen MR) is 66.9 cm³/mol. The topological polar surface area (TPSA) is 63.8 Å². The third-order valence-corrected chi connectivity index (χ3v) is 3.28. The first-order valence-electron chi connectivity index (χ1n) is 6.38. The van der Waals surface area contributed by atoms with E-state index >= 15 is 0 Å². The van der Waals surface area contributed by atoms with Gasteiger partial charge in [-0.3, -0.25) is 4.98 Å². The highest BCUT2D eigenvalue weighted by atomic mass is 16.5. The molecule has 0 aromatic carbocycles. The standard InChI is InChI=1S/C13H16N4O/c1-2-11(15-7-1)3-4-12-16-13(17-18-12)10-5-8-14-9-6-10/h5-6,8-9,11,15H,1-4,7H2. The van der Waals surface area contributed by atoms with Gasteiger partial charge in [0, 0.05) is 30.4 Å². The fourth-order valence-electron chi connectivity index (χ4n) is 2.28. The molecule has 1 aliphatic heterocycles. The fourth-order valence-corrected chi connectivity index (χ4v) is 2.28. The van der Waals surface area contributed by atoms with Gasteiger partial charge in [0.25, 0.3) is 0 Å². The summed E-state index contributed by atoms with van der Waals surface area (Å²) in [6.07, 6.45) is 7.90. The van der Waals surface area contributed by atoms with Gasteiger partial charge in [-0.1, -0.05) is 5.16 Å². The summed E-state index contributed by atoms with van der Waals surface area (Å²) < 4.78 is 5.27. The maximum Gasteiger partial charge on any atom is 0.227 e. The molecule has 18 heavy (non-hydrogen) atoms. The number of hydrogen-bond acceptors (Lipinski definition) is 5. The van der Waals surface area contributed by atoms with Crippen LogP contribution in [0.25, 0.3) is 11.4 Å². The van der Waals surface area contributed by atoms with Gasteiger partial charge in [-0.15, -0.1) is 0 Å². The summed E-state index contributed by atoms with van der Waals surface area (Å²) in [6, 6.07) is 4.38. The normalized spacial score (nSPS) is 19.2. The Labute approximate surface area is 106 Å². The van der Waals surface area contributed by atoms with Crippen molar-refractivity contribution in [2.45, 2.75) is 31.7 Å². The largest absolute Gasteiger partial charge is 0.339 e. The van der Waals surface area contributed by atoms with Crippen molar-refractivity contribution in [3.8, 4) is 11.4 Å². The van der Waals surface area contributed by atoms with Gasteiger partial charge in [-0.05, 0) is 37.9 Å². The second-order valence-electron chi connectivity index (χ2n) is 4.58. The quantitative estimate of drug-likeness (QED) is 0.888. The Hall–Kier alpha value is -1.75. The van der Waals surface area contributed by atoms with Crippen molar-refractivity contribution in [3.05, 3.63) is 30.4 Å². The number of rotatable bonds is 4. The van der Waals surface area contributed by atoms with Gasteiger partial charge in [0.1, 0.15) is 0 Å². The summed E-state index contributed by atoms with van der Waals surface area (Å²) in [5, 5.41) is 7.46. The van der Waals surface area contributed by atoms with Crippen LogP contribution in [0.2, 0.25) is 0 Å². The molecule has 5 nitrogen and oxygen atoms in total. The minimum absolute atomic E-state index is 0.612. The SMILES string of the molecule is c1cc(-c2noc(CCC3CCCN3)n2)ccn1. The minimum Gasteiger partial charge on any atom is -0.339 e. The van der Waals surface area contributed by atoms with E-state index in [1.54, 1.807) is 12.4 Å². The molecule has 94 valence electrons. The Morgan fingerprint density at radius 2 is 2.22 bits per heavy atom. The third kappa shape index (κ3) is 2.56. The van der Waals surface area contributed by atoms with Gasteiger partial charge in [-0.2, -0.15) is 4.98 Å². The van der Waals surface area contributed by atoms with Crippen LogP contribution in [0, 0.1) is 0 Å². The lowest BCUT2D eigenvalue weighted by molar-refractivity contribution is 0.369. The number of nitrogens with zero attached hydrogens (tertiary/aromatic N) is 3. The van der Waals surface area contributed by atoms with Gasteiger partial charge >= 0.3 is 0 Å². The Balaban J connectivity index is 1.63. The van der Waals surface area contributed by atoms with Gasteiger partial charge < -0.3 is 9.84 Å². The van der Waals surface area contributed by atoms with Gasteiger partial charge in [0.15, 0.2) is 0 Å². The molecule has 1 saturated heterocycles. The molecule has 1 unspecified atom stereocenters. The second-order valence-corrected chi connectivity index (χ2v) is 4.58. The molecule has 1 N–H and O–H groups in total. The van der Waals surface area contributed by atoms with E-state index < -0.39 is 0 Å². The molecule has 1 fully saturated rings. The van der Waals surface area contributed by atoms with Crippen molar-refractivity contribution >= 4 is 0 Å². The number of aromatic nitrogens is 3. The van der Waals surface area contributed by atoms with Crippen LogP contribution >= 0.6 is 0 Å². The lowest BCUT2D eigenvalue weighted by Gasteiger charge is -2.06. The fraction of sp³-hybridized carbons (Fsp3) is 0.462. The highest BCUT2D eigenvalue weighted by molar-refractivity contribution is 5.52. The first-order chi connectivity index (χ1) is 8.92. The zero-order chi connectivity index (χ0) is 12.2. The van der Waals surface area contributed by atoms with Crippen LogP contribution in [0.5, 0.6) is 0 Å².